The summed E-state index contributed by atoms with van der Waals surface area (Å²) in [7, 11) is 1.30. The van der Waals surface area contributed by atoms with Crippen LogP contribution in [0.2, 0.25) is 10.0 Å². The summed E-state index contributed by atoms with van der Waals surface area (Å²) in [5.41, 5.74) is 1.11. The lowest BCUT2D eigenvalue weighted by molar-refractivity contribution is -0.385. The maximum atomic E-state index is 13.8. The molecule has 3 aromatic rings. The second kappa shape index (κ2) is 14.5. The van der Waals surface area contributed by atoms with Gasteiger partial charge in [-0.1, -0.05) is 66.5 Å². The Bertz CT molecular complexity index is 1320. The van der Waals surface area contributed by atoms with Gasteiger partial charge in [0.2, 0.25) is 11.7 Å². The molecule has 0 unspecified atom stereocenters. The van der Waals surface area contributed by atoms with Crippen molar-refractivity contribution in [2.75, 3.05) is 13.7 Å². The van der Waals surface area contributed by atoms with Crippen LogP contribution < -0.4 is 14.8 Å². The number of ether oxygens (including phenoxy) is 2. The Morgan fingerprint density at radius 1 is 1.05 bits per heavy atom. The third-order valence-electron chi connectivity index (χ3n) is 6.37. The van der Waals surface area contributed by atoms with Crippen LogP contribution in [0, 0.1) is 10.1 Å². The first-order chi connectivity index (χ1) is 19.1. The van der Waals surface area contributed by atoms with E-state index in [1.54, 1.807) is 18.2 Å². The minimum Gasteiger partial charge on any atom is -0.490 e. The molecule has 40 heavy (non-hydrogen) atoms. The van der Waals surface area contributed by atoms with Crippen molar-refractivity contribution in [2.45, 2.75) is 45.3 Å². The summed E-state index contributed by atoms with van der Waals surface area (Å²) < 4.78 is 10.8. The first-order valence-electron chi connectivity index (χ1n) is 12.7. The Morgan fingerprint density at radius 2 is 1.73 bits per heavy atom. The zero-order chi connectivity index (χ0) is 29.2. The van der Waals surface area contributed by atoms with E-state index in [4.69, 9.17) is 32.7 Å². The van der Waals surface area contributed by atoms with Crippen molar-refractivity contribution in [3.8, 4) is 11.5 Å². The zero-order valence-electron chi connectivity index (χ0n) is 22.4. The number of nitrogens with one attached hydrogen (secondary N) is 1. The van der Waals surface area contributed by atoms with Crippen molar-refractivity contribution in [3.05, 3.63) is 98.0 Å². The lowest BCUT2D eigenvalue weighted by atomic mass is 10.0. The molecule has 0 spiro atoms. The maximum absolute atomic E-state index is 13.8. The molecule has 0 heterocycles. The topological polar surface area (TPSA) is 111 Å². The number of nitro benzene ring substituents is 1. The fourth-order valence-corrected chi connectivity index (χ4v) is 4.49. The number of hydrogen-bond acceptors (Lipinski definition) is 6. The van der Waals surface area contributed by atoms with Gasteiger partial charge in [-0.15, -0.1) is 0 Å². The minimum absolute atomic E-state index is 0.00969. The van der Waals surface area contributed by atoms with E-state index >= 15 is 0 Å². The van der Waals surface area contributed by atoms with Crippen molar-refractivity contribution >= 4 is 40.7 Å². The van der Waals surface area contributed by atoms with Crippen molar-refractivity contribution in [2.24, 2.45) is 0 Å². The molecule has 0 saturated carbocycles. The number of nitro groups is 1. The van der Waals surface area contributed by atoms with Gasteiger partial charge in [-0.2, -0.15) is 0 Å². The number of hydrogen-bond donors (Lipinski definition) is 1. The molecule has 0 fully saturated rings. The lowest BCUT2D eigenvalue weighted by Gasteiger charge is -2.32. The Balaban J connectivity index is 1.97. The van der Waals surface area contributed by atoms with Gasteiger partial charge in [0.25, 0.3) is 5.91 Å². The number of carbonyl (C=O) groups excluding carboxylic acids is 2. The van der Waals surface area contributed by atoms with Gasteiger partial charge in [-0.05, 0) is 37.1 Å². The van der Waals surface area contributed by atoms with Gasteiger partial charge in [0.05, 0.1) is 12.0 Å². The van der Waals surface area contributed by atoms with Gasteiger partial charge in [0.15, 0.2) is 6.61 Å². The van der Waals surface area contributed by atoms with E-state index in [0.29, 0.717) is 22.0 Å². The van der Waals surface area contributed by atoms with Gasteiger partial charge in [0, 0.05) is 46.7 Å². The van der Waals surface area contributed by atoms with Crippen LogP contribution in [0.15, 0.2) is 66.7 Å². The predicted octanol–water partition coefficient (Wildman–Crippen LogP) is 5.84. The van der Waals surface area contributed by atoms with E-state index in [1.807, 2.05) is 44.2 Å². The first kappa shape index (κ1) is 30.7. The van der Waals surface area contributed by atoms with Gasteiger partial charge in [0.1, 0.15) is 11.8 Å². The number of rotatable bonds is 13. The molecular formula is C29H31Cl2N3O6. The summed E-state index contributed by atoms with van der Waals surface area (Å²) in [5.74, 6) is -0.653. The molecule has 212 valence electrons. The largest absolute Gasteiger partial charge is 0.490 e. The lowest BCUT2D eigenvalue weighted by Crippen LogP contribution is -2.53. The average Bonchev–Trinajstić information content (AvgIpc) is 2.95. The summed E-state index contributed by atoms with van der Waals surface area (Å²) in [6, 6.07) is 17.3. The highest BCUT2D eigenvalue weighted by molar-refractivity contribution is 6.36. The van der Waals surface area contributed by atoms with E-state index in [-0.39, 0.29) is 42.1 Å². The molecule has 2 amide bonds. The predicted molar refractivity (Wildman–Crippen MR) is 154 cm³/mol. The quantitative estimate of drug-likeness (QED) is 0.198. The smallest absolute Gasteiger partial charge is 0.311 e. The summed E-state index contributed by atoms with van der Waals surface area (Å²) in [4.78, 5) is 39.4. The monoisotopic (exact) mass is 587 g/mol. The number of benzene rings is 3. The van der Waals surface area contributed by atoms with Gasteiger partial charge < -0.3 is 19.7 Å². The Kier molecular flexibility index (Phi) is 11.2. The van der Waals surface area contributed by atoms with Crippen molar-refractivity contribution in [1.29, 1.82) is 0 Å². The standard InChI is InChI=1S/C29H31Cl2N3O6/c1-4-19(2)32-29(36)26(15-20-9-6-5-7-10-20)33(17-22-23(30)11-8-12-24(22)31)28(35)18-40-21-13-14-25(34(37)38)27(16-21)39-3/h5-14,16,19,26H,4,15,17-18H2,1-3H3,(H,32,36)/t19-,26+/m0/s1. The molecule has 11 heteroatoms. The molecule has 3 rings (SSSR count). The molecule has 0 radical (unpaired) electrons. The molecule has 3 aromatic carbocycles. The Morgan fingerprint density at radius 3 is 2.33 bits per heavy atom. The van der Waals surface area contributed by atoms with E-state index in [0.717, 1.165) is 5.56 Å². The number of methoxy groups -OCH3 is 1. The van der Waals surface area contributed by atoms with Crippen LogP contribution in [0.3, 0.4) is 0 Å². The van der Waals surface area contributed by atoms with E-state index in [1.165, 1.54) is 30.2 Å². The summed E-state index contributed by atoms with van der Waals surface area (Å²) in [5, 5.41) is 14.9. The third-order valence-corrected chi connectivity index (χ3v) is 7.08. The molecule has 1 N–H and O–H groups in total. The van der Waals surface area contributed by atoms with Crippen molar-refractivity contribution in [1.82, 2.24) is 10.2 Å². The highest BCUT2D eigenvalue weighted by Gasteiger charge is 2.32. The molecule has 0 aromatic heterocycles. The first-order valence-corrected chi connectivity index (χ1v) is 13.4. The SMILES string of the molecule is CC[C@H](C)NC(=O)[C@@H](Cc1ccccc1)N(Cc1c(Cl)cccc1Cl)C(=O)COc1ccc([N+](=O)[O-])c(OC)c1. The highest BCUT2D eigenvalue weighted by Crippen LogP contribution is 2.31. The van der Waals surface area contributed by atoms with Crippen LogP contribution >= 0.6 is 23.2 Å². The molecule has 0 aliphatic carbocycles. The molecule has 0 bridgehead atoms. The second-order valence-corrected chi connectivity index (χ2v) is 9.94. The van der Waals surface area contributed by atoms with Gasteiger partial charge >= 0.3 is 5.69 Å². The molecule has 0 aliphatic rings. The fourth-order valence-electron chi connectivity index (χ4n) is 3.98. The second-order valence-electron chi connectivity index (χ2n) is 9.12. The minimum atomic E-state index is -0.911. The normalized spacial score (nSPS) is 12.2. The molecule has 0 saturated heterocycles. The van der Waals surface area contributed by atoms with Gasteiger partial charge in [-0.25, -0.2) is 0 Å². The highest BCUT2D eigenvalue weighted by atomic mass is 35.5. The van der Waals surface area contributed by atoms with Crippen molar-refractivity contribution < 1.29 is 24.0 Å². The van der Waals surface area contributed by atoms with E-state index in [9.17, 15) is 19.7 Å². The Labute approximate surface area is 243 Å². The summed E-state index contributed by atoms with van der Waals surface area (Å²) in [6.45, 7) is 3.34. The molecule has 9 nitrogen and oxygen atoms in total. The zero-order valence-corrected chi connectivity index (χ0v) is 23.9. The average molecular weight is 588 g/mol. The number of halogens is 2. The van der Waals surface area contributed by atoms with Gasteiger partial charge in [-0.3, -0.25) is 19.7 Å². The fraction of sp³-hybridized carbons (Fsp3) is 0.310. The van der Waals surface area contributed by atoms with E-state index < -0.39 is 23.5 Å². The third kappa shape index (κ3) is 8.09. The summed E-state index contributed by atoms with van der Waals surface area (Å²) in [6.07, 6.45) is 0.946. The van der Waals surface area contributed by atoms with Crippen molar-refractivity contribution in [3.63, 3.8) is 0 Å². The van der Waals surface area contributed by atoms with E-state index in [2.05, 4.69) is 5.32 Å². The number of amides is 2. The number of carbonyl (C=O) groups is 2. The maximum Gasteiger partial charge on any atom is 0.311 e. The van der Waals surface area contributed by atoms with Crippen LogP contribution in [0.4, 0.5) is 5.69 Å². The number of nitrogens with zero attached hydrogens (tertiary/aromatic N) is 2. The van der Waals surface area contributed by atoms with Crippen LogP contribution in [0.1, 0.15) is 31.4 Å². The van der Waals surface area contributed by atoms with Crippen LogP contribution in [0.25, 0.3) is 0 Å². The molecule has 2 atom stereocenters. The molecule has 0 aliphatic heterocycles. The van der Waals surface area contributed by atoms with Crippen LogP contribution in [0.5, 0.6) is 11.5 Å². The Hall–Kier alpha value is -3.82. The molecular weight excluding hydrogens is 557 g/mol. The van der Waals surface area contributed by atoms with Crippen LogP contribution in [-0.2, 0) is 22.6 Å². The van der Waals surface area contributed by atoms with Crippen LogP contribution in [-0.4, -0.2) is 47.4 Å². The summed E-state index contributed by atoms with van der Waals surface area (Å²) >= 11 is 12.9.